The van der Waals surface area contributed by atoms with Crippen molar-refractivity contribution in [2.75, 3.05) is 0 Å². The number of hydrogen-bond acceptors (Lipinski definition) is 2. The van der Waals surface area contributed by atoms with E-state index in [-0.39, 0.29) is 0 Å². The van der Waals surface area contributed by atoms with Crippen LogP contribution in [0, 0.1) is 6.92 Å². The van der Waals surface area contributed by atoms with E-state index < -0.39 is 0 Å². The van der Waals surface area contributed by atoms with Crippen LogP contribution < -0.4 is 0 Å². The van der Waals surface area contributed by atoms with Crippen LogP contribution in [0.2, 0.25) is 0 Å². The number of rotatable bonds is 1. The summed E-state index contributed by atoms with van der Waals surface area (Å²) in [6, 6.07) is 0. The third-order valence-electron chi connectivity index (χ3n) is 0.735. The van der Waals surface area contributed by atoms with Gasteiger partial charge in [-0.1, -0.05) is 6.58 Å². The second-order valence-electron chi connectivity index (χ2n) is 1.44. The zero-order valence-corrected chi connectivity index (χ0v) is 5.24. The van der Waals surface area contributed by atoms with E-state index in [1.54, 1.807) is 17.5 Å². The van der Waals surface area contributed by atoms with Crippen molar-refractivity contribution in [3.8, 4) is 0 Å². The molecule has 0 atom stereocenters. The van der Waals surface area contributed by atoms with Gasteiger partial charge in [-0.25, -0.2) is 4.98 Å². The van der Waals surface area contributed by atoms with Crippen LogP contribution in [0.5, 0.6) is 0 Å². The highest BCUT2D eigenvalue weighted by atomic mass is 32.1. The predicted octanol–water partition coefficient (Wildman–Crippen LogP) is 1.99. The Morgan fingerprint density at radius 3 is 2.75 bits per heavy atom. The molecule has 41 valence electrons. The monoisotopic (exact) mass is 124 g/mol. The van der Waals surface area contributed by atoms with Gasteiger partial charge in [0.15, 0.2) is 0 Å². The van der Waals surface area contributed by atoms with Crippen molar-refractivity contribution < 1.29 is 0 Å². The summed E-state index contributed by atoms with van der Waals surface area (Å²) >= 11 is 1.56. The van der Waals surface area contributed by atoms with E-state index in [1.807, 2.05) is 5.38 Å². The lowest BCUT2D eigenvalue weighted by molar-refractivity contribution is 1.38. The maximum atomic E-state index is 3.97. The zero-order chi connectivity index (χ0) is 5.98. The van der Waals surface area contributed by atoms with Crippen LogP contribution >= 0.6 is 11.3 Å². The van der Waals surface area contributed by atoms with Gasteiger partial charge in [0.05, 0.1) is 0 Å². The van der Waals surface area contributed by atoms with Crippen molar-refractivity contribution in [1.82, 2.24) is 4.98 Å². The summed E-state index contributed by atoms with van der Waals surface area (Å²) in [7, 11) is 0. The molecule has 0 aliphatic carbocycles. The van der Waals surface area contributed by atoms with Crippen LogP contribution in [0.25, 0.3) is 5.57 Å². The Labute approximate surface area is 52.7 Å². The summed E-state index contributed by atoms with van der Waals surface area (Å²) in [6.45, 7) is 7.27. The van der Waals surface area contributed by atoms with Crippen LogP contribution in [0.1, 0.15) is 5.01 Å². The summed E-state index contributed by atoms with van der Waals surface area (Å²) in [5, 5.41) is 2.83. The van der Waals surface area contributed by atoms with Gasteiger partial charge in [-0.3, -0.25) is 0 Å². The van der Waals surface area contributed by atoms with Gasteiger partial charge in [-0.15, -0.1) is 11.3 Å². The van der Waals surface area contributed by atoms with Crippen LogP contribution in [-0.4, -0.2) is 4.98 Å². The molecule has 1 rings (SSSR count). The van der Waals surface area contributed by atoms with Gasteiger partial charge in [-0.05, 0) is 12.5 Å². The number of nitrogens with zero attached hydrogens (tertiary/aromatic N) is 1. The number of aromatic nitrogens is 1. The standard InChI is InChI=1S/C6H6NS/c1-5(2)6-7-3-4-8-6/h3-4H,1-2H2. The largest absolute Gasteiger partial charge is 0.245 e. The molecule has 1 radical (unpaired) electrons. The Hall–Kier alpha value is -0.630. The molecule has 0 amide bonds. The fraction of sp³-hybridized carbons (Fsp3) is 0. The molecule has 0 aliphatic heterocycles. The lowest BCUT2D eigenvalue weighted by atomic mass is 10.4. The van der Waals surface area contributed by atoms with E-state index in [4.69, 9.17) is 0 Å². The third kappa shape index (κ3) is 0.954. The van der Waals surface area contributed by atoms with Crippen molar-refractivity contribution >= 4 is 16.9 Å². The van der Waals surface area contributed by atoms with Gasteiger partial charge in [0.1, 0.15) is 5.01 Å². The van der Waals surface area contributed by atoms with E-state index in [2.05, 4.69) is 18.5 Å². The summed E-state index contributed by atoms with van der Waals surface area (Å²) in [5.41, 5.74) is 0.792. The van der Waals surface area contributed by atoms with E-state index in [9.17, 15) is 0 Å². The molecule has 8 heavy (non-hydrogen) atoms. The molecule has 0 saturated carbocycles. The maximum absolute atomic E-state index is 3.97. The SMILES string of the molecule is [CH2]C(=C)c1nccs1. The average Bonchev–Trinajstić information content (AvgIpc) is 2.12. The number of hydrogen-bond donors (Lipinski definition) is 0. The lowest BCUT2D eigenvalue weighted by Crippen LogP contribution is -1.70. The van der Waals surface area contributed by atoms with Crippen molar-refractivity contribution in [2.24, 2.45) is 0 Å². The predicted molar refractivity (Wildman–Crippen MR) is 36.5 cm³/mol. The van der Waals surface area contributed by atoms with E-state index in [1.165, 1.54) is 0 Å². The molecule has 1 heterocycles. The molecule has 1 aromatic heterocycles. The van der Waals surface area contributed by atoms with Crippen LogP contribution in [0.3, 0.4) is 0 Å². The van der Waals surface area contributed by atoms with Gasteiger partial charge in [0.25, 0.3) is 0 Å². The van der Waals surface area contributed by atoms with Crippen molar-refractivity contribution in [2.45, 2.75) is 0 Å². The maximum Gasteiger partial charge on any atom is 0.118 e. The molecular formula is C6H6NS. The lowest BCUT2D eigenvalue weighted by Gasteiger charge is -1.84. The molecule has 0 aromatic carbocycles. The Bertz CT molecular complexity index is 176. The van der Waals surface area contributed by atoms with Crippen LogP contribution in [0.15, 0.2) is 18.2 Å². The van der Waals surface area contributed by atoms with Gasteiger partial charge >= 0.3 is 0 Å². The average molecular weight is 124 g/mol. The minimum Gasteiger partial charge on any atom is -0.245 e. The fourth-order valence-electron chi connectivity index (χ4n) is 0.398. The second-order valence-corrected chi connectivity index (χ2v) is 2.34. The molecule has 0 unspecified atom stereocenters. The summed E-state index contributed by atoms with van der Waals surface area (Å²) in [4.78, 5) is 3.97. The minimum atomic E-state index is 0.792. The number of thiazole rings is 1. The first-order valence-corrected chi connectivity index (χ1v) is 3.09. The van der Waals surface area contributed by atoms with E-state index in [0.29, 0.717) is 0 Å². The number of allylic oxidation sites excluding steroid dienone is 1. The highest BCUT2D eigenvalue weighted by Gasteiger charge is 1.91. The summed E-state index contributed by atoms with van der Waals surface area (Å²) in [6.07, 6.45) is 1.75. The van der Waals surface area contributed by atoms with E-state index >= 15 is 0 Å². The Morgan fingerprint density at radius 1 is 1.75 bits per heavy atom. The topological polar surface area (TPSA) is 12.9 Å². The highest BCUT2D eigenvalue weighted by Crippen LogP contribution is 2.12. The molecule has 0 spiro atoms. The quantitative estimate of drug-likeness (QED) is 0.558. The normalized spacial score (nSPS) is 9.12. The van der Waals surface area contributed by atoms with Crippen LogP contribution in [0.4, 0.5) is 0 Å². The first-order valence-electron chi connectivity index (χ1n) is 2.21. The minimum absolute atomic E-state index is 0.792. The molecule has 1 nitrogen and oxygen atoms in total. The van der Waals surface area contributed by atoms with E-state index in [0.717, 1.165) is 10.6 Å². The van der Waals surface area contributed by atoms with Gasteiger partial charge in [0, 0.05) is 11.6 Å². The van der Waals surface area contributed by atoms with Crippen LogP contribution in [-0.2, 0) is 0 Å². The molecule has 0 N–H and O–H groups in total. The molecule has 0 bridgehead atoms. The Morgan fingerprint density at radius 2 is 2.50 bits per heavy atom. The first kappa shape index (κ1) is 5.51. The molecule has 0 aliphatic rings. The van der Waals surface area contributed by atoms with Crippen molar-refractivity contribution in [3.63, 3.8) is 0 Å². The molecular weight excluding hydrogens is 118 g/mol. The molecule has 0 fully saturated rings. The van der Waals surface area contributed by atoms with Gasteiger partial charge in [0.2, 0.25) is 0 Å². The van der Waals surface area contributed by atoms with Crippen molar-refractivity contribution in [1.29, 1.82) is 0 Å². The fourth-order valence-corrected chi connectivity index (χ4v) is 0.937. The first-order chi connectivity index (χ1) is 3.80. The van der Waals surface area contributed by atoms with Gasteiger partial charge in [-0.2, -0.15) is 0 Å². The van der Waals surface area contributed by atoms with Crippen molar-refractivity contribution in [3.05, 3.63) is 30.1 Å². The Balaban J connectivity index is 2.93. The second kappa shape index (κ2) is 2.09. The molecule has 2 heteroatoms. The summed E-state index contributed by atoms with van der Waals surface area (Å²) in [5.74, 6) is 0. The zero-order valence-electron chi connectivity index (χ0n) is 4.42. The molecule has 0 saturated heterocycles. The highest BCUT2D eigenvalue weighted by molar-refractivity contribution is 7.10. The third-order valence-corrected chi connectivity index (χ3v) is 1.61. The smallest absolute Gasteiger partial charge is 0.118 e. The Kier molecular flexibility index (Phi) is 1.44. The van der Waals surface area contributed by atoms with Gasteiger partial charge < -0.3 is 0 Å². The summed E-state index contributed by atoms with van der Waals surface area (Å²) < 4.78 is 0. The molecule has 1 aromatic rings.